The van der Waals surface area contributed by atoms with E-state index in [1.807, 2.05) is 54.6 Å². The topological polar surface area (TPSA) is 61.9 Å². The van der Waals surface area contributed by atoms with Gasteiger partial charge in [0.1, 0.15) is 5.70 Å². The molecule has 1 fully saturated rings. The Bertz CT molecular complexity index is 948. The largest absolute Gasteiger partial charge is 0.379 e. The number of aryl methyl sites for hydroxylation is 1. The summed E-state index contributed by atoms with van der Waals surface area (Å²) in [6.45, 7) is 6.64. The molecular formula is C25H29N3O3. The Morgan fingerprint density at radius 1 is 0.903 bits per heavy atom. The Labute approximate surface area is 183 Å². The van der Waals surface area contributed by atoms with E-state index in [9.17, 15) is 9.59 Å². The summed E-state index contributed by atoms with van der Waals surface area (Å²) in [5.74, 6) is -0.490. The number of anilines is 1. The van der Waals surface area contributed by atoms with Crippen molar-refractivity contribution in [3.8, 4) is 0 Å². The second-order valence-corrected chi connectivity index (χ2v) is 7.86. The molecule has 1 N–H and O–H groups in total. The second-order valence-electron chi connectivity index (χ2n) is 7.86. The number of rotatable bonds is 8. The molecule has 0 unspecified atom stereocenters. The minimum absolute atomic E-state index is 0.231. The Morgan fingerprint density at radius 3 is 2.29 bits per heavy atom. The number of nitrogens with zero attached hydrogens (tertiary/aromatic N) is 2. The number of carbonyl (C=O) groups is 2. The number of hydrogen-bond acceptors (Lipinski definition) is 5. The molecule has 1 saturated heterocycles. The summed E-state index contributed by atoms with van der Waals surface area (Å²) in [5.41, 5.74) is 3.57. The number of carbonyl (C=O) groups excluding carboxylic acids is 2. The first-order valence-electron chi connectivity index (χ1n) is 11.0. The Morgan fingerprint density at radius 2 is 1.61 bits per heavy atom. The van der Waals surface area contributed by atoms with Crippen molar-refractivity contribution < 1.29 is 14.3 Å². The van der Waals surface area contributed by atoms with Crippen LogP contribution in [0.4, 0.5) is 5.69 Å². The number of ether oxygens (including phenoxy) is 1. The van der Waals surface area contributed by atoms with Crippen LogP contribution >= 0.6 is 0 Å². The van der Waals surface area contributed by atoms with E-state index in [1.54, 1.807) is 0 Å². The Hall–Kier alpha value is -2.96. The van der Waals surface area contributed by atoms with Crippen LogP contribution in [0.2, 0.25) is 0 Å². The van der Waals surface area contributed by atoms with Crippen molar-refractivity contribution in [1.29, 1.82) is 0 Å². The van der Waals surface area contributed by atoms with E-state index in [0.717, 1.165) is 56.9 Å². The lowest BCUT2D eigenvalue weighted by Gasteiger charge is -2.27. The molecule has 2 aromatic carbocycles. The van der Waals surface area contributed by atoms with E-state index in [2.05, 4.69) is 17.1 Å². The lowest BCUT2D eigenvalue weighted by atomic mass is 10.0. The van der Waals surface area contributed by atoms with Gasteiger partial charge in [0, 0.05) is 31.9 Å². The highest BCUT2D eigenvalue weighted by atomic mass is 16.5. The van der Waals surface area contributed by atoms with Crippen molar-refractivity contribution in [2.75, 3.05) is 44.7 Å². The molecule has 0 aromatic heterocycles. The summed E-state index contributed by atoms with van der Waals surface area (Å²) in [5, 5.41) is 3.23. The molecule has 6 nitrogen and oxygen atoms in total. The quantitative estimate of drug-likeness (QED) is 0.666. The molecule has 2 aliphatic heterocycles. The van der Waals surface area contributed by atoms with Gasteiger partial charge in [-0.1, -0.05) is 49.4 Å². The van der Waals surface area contributed by atoms with Gasteiger partial charge in [0.25, 0.3) is 11.8 Å². The zero-order valence-corrected chi connectivity index (χ0v) is 18.0. The molecule has 0 bridgehead atoms. The predicted octanol–water partition coefficient (Wildman–Crippen LogP) is 3.16. The normalized spacial score (nSPS) is 17.5. The highest BCUT2D eigenvalue weighted by molar-refractivity contribution is 6.36. The number of morpholine rings is 1. The standard InChI is InChI=1S/C25H29N3O3/c1-2-19-9-11-21(12-10-19)26-23-22(20-7-4-3-5-8-20)24(29)28(25(23)30)14-6-13-27-15-17-31-18-16-27/h3-5,7-12,26H,2,6,13-18H2,1H3. The van der Waals surface area contributed by atoms with Gasteiger partial charge in [0.05, 0.1) is 18.8 Å². The van der Waals surface area contributed by atoms with Gasteiger partial charge in [-0.15, -0.1) is 0 Å². The average Bonchev–Trinajstić information content (AvgIpc) is 3.05. The molecule has 4 rings (SSSR count). The molecule has 0 aliphatic carbocycles. The number of imide groups is 1. The summed E-state index contributed by atoms with van der Waals surface area (Å²) in [6, 6.07) is 17.4. The first kappa shape index (κ1) is 21.3. The fraction of sp³-hybridized carbons (Fsp3) is 0.360. The number of amides is 2. The average molecular weight is 420 g/mol. The molecule has 2 aromatic rings. The molecule has 2 aliphatic rings. The third-order valence-electron chi connectivity index (χ3n) is 5.82. The summed E-state index contributed by atoms with van der Waals surface area (Å²) < 4.78 is 5.39. The third kappa shape index (κ3) is 4.86. The predicted molar refractivity (Wildman–Crippen MR) is 121 cm³/mol. The van der Waals surface area contributed by atoms with E-state index in [-0.39, 0.29) is 11.8 Å². The van der Waals surface area contributed by atoms with E-state index < -0.39 is 0 Å². The van der Waals surface area contributed by atoms with Gasteiger partial charge in [-0.25, -0.2) is 0 Å². The van der Waals surface area contributed by atoms with Gasteiger partial charge in [-0.2, -0.15) is 0 Å². The van der Waals surface area contributed by atoms with Gasteiger partial charge in [0.2, 0.25) is 0 Å². The van der Waals surface area contributed by atoms with Crippen LogP contribution in [0.5, 0.6) is 0 Å². The Balaban J connectivity index is 1.53. The van der Waals surface area contributed by atoms with Crippen LogP contribution < -0.4 is 5.32 Å². The first-order chi connectivity index (χ1) is 15.2. The maximum atomic E-state index is 13.3. The monoisotopic (exact) mass is 419 g/mol. The Kier molecular flexibility index (Phi) is 6.79. The smallest absolute Gasteiger partial charge is 0.278 e. The minimum atomic E-state index is -0.259. The SMILES string of the molecule is CCc1ccc(NC2=C(c3ccccc3)C(=O)N(CCCN3CCOCC3)C2=O)cc1. The van der Waals surface area contributed by atoms with Gasteiger partial charge in [0.15, 0.2) is 0 Å². The van der Waals surface area contributed by atoms with Gasteiger partial charge in [-0.3, -0.25) is 19.4 Å². The molecule has 0 radical (unpaired) electrons. The summed E-state index contributed by atoms with van der Waals surface area (Å²) >= 11 is 0. The van der Waals surface area contributed by atoms with Crippen molar-refractivity contribution >= 4 is 23.1 Å². The van der Waals surface area contributed by atoms with Crippen molar-refractivity contribution in [3.05, 3.63) is 71.4 Å². The number of nitrogens with one attached hydrogen (secondary N) is 1. The molecular weight excluding hydrogens is 390 g/mol. The van der Waals surface area contributed by atoms with Crippen LogP contribution in [0, 0.1) is 0 Å². The second kappa shape index (κ2) is 9.90. The van der Waals surface area contributed by atoms with Gasteiger partial charge < -0.3 is 10.1 Å². The highest BCUT2D eigenvalue weighted by Gasteiger charge is 2.38. The van der Waals surface area contributed by atoms with Crippen molar-refractivity contribution in [2.45, 2.75) is 19.8 Å². The van der Waals surface area contributed by atoms with Crippen LogP contribution in [-0.2, 0) is 20.7 Å². The first-order valence-corrected chi connectivity index (χ1v) is 11.0. The summed E-state index contributed by atoms with van der Waals surface area (Å²) in [7, 11) is 0. The third-order valence-corrected chi connectivity index (χ3v) is 5.82. The fourth-order valence-corrected chi connectivity index (χ4v) is 4.01. The van der Waals surface area contributed by atoms with Gasteiger partial charge in [-0.05, 0) is 36.1 Å². The molecule has 0 atom stereocenters. The molecule has 162 valence electrons. The van der Waals surface area contributed by atoms with E-state index in [1.165, 1.54) is 10.5 Å². The van der Waals surface area contributed by atoms with Crippen molar-refractivity contribution in [1.82, 2.24) is 9.80 Å². The summed E-state index contributed by atoms with van der Waals surface area (Å²) in [4.78, 5) is 30.2. The molecule has 0 spiro atoms. The molecule has 31 heavy (non-hydrogen) atoms. The van der Waals surface area contributed by atoms with Crippen LogP contribution in [0.1, 0.15) is 24.5 Å². The van der Waals surface area contributed by atoms with E-state index >= 15 is 0 Å². The maximum absolute atomic E-state index is 13.3. The van der Waals surface area contributed by atoms with Crippen LogP contribution in [0.15, 0.2) is 60.3 Å². The van der Waals surface area contributed by atoms with Crippen LogP contribution in [-0.4, -0.2) is 61.0 Å². The van der Waals surface area contributed by atoms with E-state index in [0.29, 0.717) is 17.8 Å². The molecule has 0 saturated carbocycles. The lowest BCUT2D eigenvalue weighted by molar-refractivity contribution is -0.136. The summed E-state index contributed by atoms with van der Waals surface area (Å²) in [6.07, 6.45) is 1.70. The van der Waals surface area contributed by atoms with Crippen molar-refractivity contribution in [3.63, 3.8) is 0 Å². The fourth-order valence-electron chi connectivity index (χ4n) is 4.01. The molecule has 2 amide bonds. The number of benzene rings is 2. The zero-order chi connectivity index (χ0) is 21.6. The zero-order valence-electron chi connectivity index (χ0n) is 18.0. The number of hydrogen-bond donors (Lipinski definition) is 1. The minimum Gasteiger partial charge on any atom is -0.379 e. The molecule has 6 heteroatoms. The lowest BCUT2D eigenvalue weighted by Crippen LogP contribution is -2.39. The van der Waals surface area contributed by atoms with Crippen LogP contribution in [0.3, 0.4) is 0 Å². The van der Waals surface area contributed by atoms with E-state index in [4.69, 9.17) is 4.74 Å². The van der Waals surface area contributed by atoms with Gasteiger partial charge >= 0.3 is 0 Å². The van der Waals surface area contributed by atoms with Crippen molar-refractivity contribution in [2.24, 2.45) is 0 Å². The van der Waals surface area contributed by atoms with Crippen LogP contribution in [0.25, 0.3) is 5.57 Å². The maximum Gasteiger partial charge on any atom is 0.278 e. The molecule has 2 heterocycles. The highest BCUT2D eigenvalue weighted by Crippen LogP contribution is 2.30.